The lowest BCUT2D eigenvalue weighted by molar-refractivity contribution is 0.191. The normalized spacial score (nSPS) is 12.0. The molecule has 148 valence electrons. The summed E-state index contributed by atoms with van der Waals surface area (Å²) in [5.41, 5.74) is 3.00. The van der Waals surface area contributed by atoms with E-state index in [-0.39, 0.29) is 6.03 Å². The van der Waals surface area contributed by atoms with Gasteiger partial charge >= 0.3 is 6.03 Å². The van der Waals surface area contributed by atoms with Gasteiger partial charge in [-0.25, -0.2) is 4.79 Å². The fourth-order valence-electron chi connectivity index (χ4n) is 2.86. The van der Waals surface area contributed by atoms with Gasteiger partial charge in [-0.2, -0.15) is 10.1 Å². The van der Waals surface area contributed by atoms with Crippen LogP contribution in [0.3, 0.4) is 0 Å². The Hall–Kier alpha value is -3.16. The minimum Gasteiger partial charge on any atom is -0.337 e. The largest absolute Gasteiger partial charge is 0.337 e. The summed E-state index contributed by atoms with van der Waals surface area (Å²) in [6.45, 7) is 9.68. The van der Waals surface area contributed by atoms with E-state index in [0.717, 1.165) is 23.2 Å². The van der Waals surface area contributed by atoms with Crippen LogP contribution in [0.2, 0.25) is 0 Å². The highest BCUT2D eigenvalue weighted by atomic mass is 16.5. The van der Waals surface area contributed by atoms with Gasteiger partial charge in [0.1, 0.15) is 6.04 Å². The predicted molar refractivity (Wildman–Crippen MR) is 105 cm³/mol. The molecule has 2 amide bonds. The first kappa shape index (κ1) is 19.6. The van der Waals surface area contributed by atoms with E-state index in [1.807, 2.05) is 62.8 Å². The van der Waals surface area contributed by atoms with Gasteiger partial charge in [-0.3, -0.25) is 4.68 Å². The van der Waals surface area contributed by atoms with Crippen molar-refractivity contribution in [2.45, 2.75) is 46.8 Å². The fraction of sp³-hybridized carbons (Fsp3) is 0.400. The third kappa shape index (κ3) is 4.57. The van der Waals surface area contributed by atoms with Crippen LogP contribution in [0, 0.1) is 6.92 Å². The molecule has 1 N–H and O–H groups in total. The number of urea groups is 1. The molecule has 0 saturated heterocycles. The van der Waals surface area contributed by atoms with Crippen LogP contribution >= 0.6 is 0 Å². The average molecular weight is 382 g/mol. The van der Waals surface area contributed by atoms with E-state index in [9.17, 15) is 4.79 Å². The number of hydrogen-bond donors (Lipinski definition) is 1. The number of carbonyl (C=O) groups is 1. The molecule has 0 fully saturated rings. The molecular formula is C20H26N6O2. The second kappa shape index (κ2) is 8.69. The molecule has 3 rings (SSSR count). The first-order chi connectivity index (χ1) is 13.5. The molecule has 0 bridgehead atoms. The van der Waals surface area contributed by atoms with Gasteiger partial charge in [0, 0.05) is 30.4 Å². The number of benzene rings is 1. The highest BCUT2D eigenvalue weighted by Crippen LogP contribution is 2.19. The maximum absolute atomic E-state index is 12.7. The van der Waals surface area contributed by atoms with E-state index in [1.165, 1.54) is 0 Å². The Labute approximate surface area is 164 Å². The van der Waals surface area contributed by atoms with Gasteiger partial charge in [0.05, 0.1) is 12.7 Å². The Morgan fingerprint density at radius 3 is 2.86 bits per heavy atom. The summed E-state index contributed by atoms with van der Waals surface area (Å²) in [6.07, 6.45) is 3.74. The predicted octanol–water partition coefficient (Wildman–Crippen LogP) is 3.55. The number of rotatable bonds is 7. The Bertz CT molecular complexity index is 932. The molecular weight excluding hydrogens is 356 g/mol. The lowest BCUT2D eigenvalue weighted by atomic mass is 10.1. The first-order valence-electron chi connectivity index (χ1n) is 9.47. The number of amides is 2. The third-order valence-electron chi connectivity index (χ3n) is 4.48. The molecule has 1 aromatic carbocycles. The van der Waals surface area contributed by atoms with Gasteiger partial charge in [0.2, 0.25) is 11.7 Å². The molecule has 2 heterocycles. The number of aromatic nitrogens is 4. The van der Waals surface area contributed by atoms with Crippen molar-refractivity contribution in [2.75, 3.05) is 6.54 Å². The monoisotopic (exact) mass is 382 g/mol. The second-order valence-electron chi connectivity index (χ2n) is 6.72. The van der Waals surface area contributed by atoms with Crippen LogP contribution < -0.4 is 5.32 Å². The third-order valence-corrected chi connectivity index (χ3v) is 4.48. The Morgan fingerprint density at radius 1 is 1.36 bits per heavy atom. The zero-order chi connectivity index (χ0) is 20.1. The molecule has 28 heavy (non-hydrogen) atoms. The topological polar surface area (TPSA) is 89.1 Å². The summed E-state index contributed by atoms with van der Waals surface area (Å²) in [7, 11) is 0. The number of carbonyl (C=O) groups excluding carboxylic acids is 1. The minimum atomic E-state index is -0.397. The maximum atomic E-state index is 12.7. The SMILES string of the molecule is CCN(Cc1cnn(CC)c1)C(=O)NC(C)c1nc(-c2cccc(C)c2)no1. The molecule has 0 spiro atoms. The van der Waals surface area contributed by atoms with E-state index in [2.05, 4.69) is 20.6 Å². The summed E-state index contributed by atoms with van der Waals surface area (Å²) in [5, 5.41) is 11.2. The molecule has 3 aromatic rings. The van der Waals surface area contributed by atoms with E-state index in [4.69, 9.17) is 4.52 Å². The van der Waals surface area contributed by atoms with Gasteiger partial charge in [0.25, 0.3) is 0 Å². The smallest absolute Gasteiger partial charge is 0.318 e. The Balaban J connectivity index is 1.64. The van der Waals surface area contributed by atoms with Crippen molar-refractivity contribution < 1.29 is 9.32 Å². The van der Waals surface area contributed by atoms with Crippen molar-refractivity contribution in [1.82, 2.24) is 30.1 Å². The lowest BCUT2D eigenvalue weighted by Gasteiger charge is -2.22. The van der Waals surface area contributed by atoms with Crippen LogP contribution in [-0.2, 0) is 13.1 Å². The maximum Gasteiger partial charge on any atom is 0.318 e. The van der Waals surface area contributed by atoms with Gasteiger partial charge in [-0.15, -0.1) is 0 Å². The van der Waals surface area contributed by atoms with E-state index in [0.29, 0.717) is 24.8 Å². The summed E-state index contributed by atoms with van der Waals surface area (Å²) in [4.78, 5) is 18.8. The number of hydrogen-bond acceptors (Lipinski definition) is 5. The quantitative estimate of drug-likeness (QED) is 0.675. The molecule has 1 atom stereocenters. The molecule has 1 unspecified atom stereocenters. The summed E-state index contributed by atoms with van der Waals surface area (Å²) in [5.74, 6) is 0.888. The molecule has 0 aliphatic heterocycles. The van der Waals surface area contributed by atoms with Gasteiger partial charge in [-0.1, -0.05) is 28.9 Å². The molecule has 8 nitrogen and oxygen atoms in total. The highest BCUT2D eigenvalue weighted by molar-refractivity contribution is 5.74. The van der Waals surface area contributed by atoms with Crippen LogP contribution in [0.1, 0.15) is 43.8 Å². The van der Waals surface area contributed by atoms with Crippen molar-refractivity contribution in [2.24, 2.45) is 0 Å². The van der Waals surface area contributed by atoms with Crippen LogP contribution in [-0.4, -0.2) is 37.4 Å². The van der Waals surface area contributed by atoms with E-state index >= 15 is 0 Å². The molecule has 0 saturated carbocycles. The summed E-state index contributed by atoms with van der Waals surface area (Å²) in [6, 6.07) is 7.30. The lowest BCUT2D eigenvalue weighted by Crippen LogP contribution is -2.40. The number of aryl methyl sites for hydroxylation is 2. The molecule has 0 aliphatic carbocycles. The van der Waals surface area contributed by atoms with Crippen molar-refractivity contribution >= 4 is 6.03 Å². The molecule has 0 aliphatic rings. The van der Waals surface area contributed by atoms with Crippen molar-refractivity contribution in [1.29, 1.82) is 0 Å². The number of nitrogens with one attached hydrogen (secondary N) is 1. The van der Waals surface area contributed by atoms with Crippen LogP contribution in [0.15, 0.2) is 41.2 Å². The van der Waals surface area contributed by atoms with Crippen LogP contribution in [0.4, 0.5) is 4.79 Å². The average Bonchev–Trinajstić information content (AvgIpc) is 3.35. The standard InChI is InChI=1S/C20H26N6O2/c1-5-25(12-16-11-21-26(6-2)13-16)20(27)22-15(4)19-23-18(24-28-19)17-9-7-8-14(3)10-17/h7-11,13,15H,5-6,12H2,1-4H3,(H,22,27). The zero-order valence-corrected chi connectivity index (χ0v) is 16.7. The molecule has 2 aromatic heterocycles. The Morgan fingerprint density at radius 2 is 2.18 bits per heavy atom. The van der Waals surface area contributed by atoms with E-state index < -0.39 is 6.04 Å². The van der Waals surface area contributed by atoms with E-state index in [1.54, 1.807) is 11.1 Å². The van der Waals surface area contributed by atoms with Crippen molar-refractivity contribution in [3.05, 3.63) is 53.7 Å². The highest BCUT2D eigenvalue weighted by Gasteiger charge is 2.20. The van der Waals surface area contributed by atoms with Crippen molar-refractivity contribution in [3.8, 4) is 11.4 Å². The summed E-state index contributed by atoms with van der Waals surface area (Å²) < 4.78 is 7.21. The van der Waals surface area contributed by atoms with Crippen molar-refractivity contribution in [3.63, 3.8) is 0 Å². The minimum absolute atomic E-state index is 0.186. The molecule has 8 heteroatoms. The fourth-order valence-corrected chi connectivity index (χ4v) is 2.86. The summed E-state index contributed by atoms with van der Waals surface area (Å²) >= 11 is 0. The zero-order valence-electron chi connectivity index (χ0n) is 16.7. The van der Waals surface area contributed by atoms with Gasteiger partial charge in [-0.05, 0) is 33.8 Å². The molecule has 0 radical (unpaired) electrons. The Kier molecular flexibility index (Phi) is 6.08. The van der Waals surface area contributed by atoms with Crippen LogP contribution in [0.5, 0.6) is 0 Å². The second-order valence-corrected chi connectivity index (χ2v) is 6.72. The van der Waals surface area contributed by atoms with Gasteiger partial charge < -0.3 is 14.7 Å². The van der Waals surface area contributed by atoms with Crippen LogP contribution in [0.25, 0.3) is 11.4 Å². The van der Waals surface area contributed by atoms with Gasteiger partial charge in [0.15, 0.2) is 0 Å². The number of nitrogens with zero attached hydrogens (tertiary/aromatic N) is 5. The first-order valence-corrected chi connectivity index (χ1v) is 9.47.